The molecule has 0 unspecified atom stereocenters. The number of nitriles is 1. The molecule has 1 aliphatic carbocycles. The Morgan fingerprint density at radius 3 is 2.45 bits per heavy atom. The van der Waals surface area contributed by atoms with Crippen molar-refractivity contribution in [3.63, 3.8) is 0 Å². The second-order valence-corrected chi connectivity index (χ2v) is 8.55. The van der Waals surface area contributed by atoms with Gasteiger partial charge in [0, 0.05) is 12.5 Å². The van der Waals surface area contributed by atoms with Gasteiger partial charge in [0.2, 0.25) is 0 Å². The third-order valence-corrected chi connectivity index (χ3v) is 6.58. The average Bonchev–Trinajstić information content (AvgIpc) is 2.80. The van der Waals surface area contributed by atoms with Crippen molar-refractivity contribution in [2.45, 2.75) is 38.3 Å². The monoisotopic (exact) mass is 418 g/mol. The zero-order valence-electron chi connectivity index (χ0n) is 17.6. The largest absolute Gasteiger partial charge is 0.465 e. The molecule has 2 aliphatic rings. The number of esters is 1. The zero-order valence-corrected chi connectivity index (χ0v) is 17.6. The molecule has 0 radical (unpaired) electrons. The van der Waals surface area contributed by atoms with Gasteiger partial charge in [-0.25, -0.2) is 9.59 Å². The third kappa shape index (κ3) is 4.41. The highest BCUT2D eigenvalue weighted by atomic mass is 16.6. The highest BCUT2D eigenvalue weighted by Gasteiger charge is 2.50. The van der Waals surface area contributed by atoms with Crippen LogP contribution >= 0.6 is 0 Å². The summed E-state index contributed by atoms with van der Waals surface area (Å²) in [5.74, 6) is -0.277. The molecule has 31 heavy (non-hydrogen) atoms. The highest BCUT2D eigenvalue weighted by molar-refractivity contribution is 5.89. The van der Waals surface area contributed by atoms with Crippen LogP contribution in [0.3, 0.4) is 0 Å². The topological polar surface area (TPSA) is 79.6 Å². The molecule has 1 saturated carbocycles. The summed E-state index contributed by atoms with van der Waals surface area (Å²) in [6.45, 7) is 0.820. The molecule has 160 valence electrons. The minimum Gasteiger partial charge on any atom is -0.465 e. The quantitative estimate of drug-likeness (QED) is 0.662. The molecular weight excluding hydrogens is 392 g/mol. The molecule has 2 aromatic rings. The number of hydrogen-bond acceptors (Lipinski definition) is 5. The molecule has 1 spiro atoms. The molecule has 0 bridgehead atoms. The summed E-state index contributed by atoms with van der Waals surface area (Å²) in [6.07, 6.45) is 3.10. The maximum absolute atomic E-state index is 13.0. The van der Waals surface area contributed by atoms with Crippen LogP contribution in [0.1, 0.15) is 53.2 Å². The van der Waals surface area contributed by atoms with Crippen LogP contribution in [-0.2, 0) is 16.1 Å². The van der Waals surface area contributed by atoms with E-state index in [1.54, 1.807) is 17.0 Å². The second kappa shape index (κ2) is 8.81. The van der Waals surface area contributed by atoms with Crippen LogP contribution < -0.4 is 0 Å². The van der Waals surface area contributed by atoms with Crippen molar-refractivity contribution in [1.29, 1.82) is 5.26 Å². The zero-order chi connectivity index (χ0) is 21.8. The Labute approximate surface area is 182 Å². The van der Waals surface area contributed by atoms with Gasteiger partial charge in [-0.05, 0) is 54.4 Å². The van der Waals surface area contributed by atoms with E-state index in [-0.39, 0.29) is 36.0 Å². The Hall–Kier alpha value is -3.33. The van der Waals surface area contributed by atoms with Crippen LogP contribution in [0.15, 0.2) is 54.6 Å². The average molecular weight is 418 g/mol. The Morgan fingerprint density at radius 1 is 1.10 bits per heavy atom. The minimum atomic E-state index is -0.387. The fraction of sp³-hybridized carbons (Fsp3) is 0.400. The first-order chi connectivity index (χ1) is 15.0. The second-order valence-electron chi connectivity index (χ2n) is 8.55. The number of carbonyl (C=O) groups is 2. The fourth-order valence-electron chi connectivity index (χ4n) is 4.86. The lowest BCUT2D eigenvalue weighted by molar-refractivity contribution is -0.0262. The molecule has 0 aromatic heterocycles. The van der Waals surface area contributed by atoms with Crippen LogP contribution in [0.2, 0.25) is 0 Å². The van der Waals surface area contributed by atoms with Gasteiger partial charge >= 0.3 is 12.1 Å². The number of amides is 1. The lowest BCUT2D eigenvalue weighted by atomic mass is 9.56. The molecule has 1 atom stereocenters. The number of benzene rings is 2. The van der Waals surface area contributed by atoms with Gasteiger partial charge in [0.05, 0.1) is 24.8 Å². The molecular formula is C25H26N2O4. The lowest BCUT2D eigenvalue weighted by Gasteiger charge is -2.53. The van der Waals surface area contributed by atoms with Gasteiger partial charge in [-0.1, -0.05) is 42.5 Å². The number of rotatable bonds is 4. The number of carbonyl (C=O) groups excluding carboxylic acids is 2. The van der Waals surface area contributed by atoms with Crippen LogP contribution in [0.4, 0.5) is 4.79 Å². The van der Waals surface area contributed by atoms with Crippen LogP contribution in [0, 0.1) is 22.7 Å². The van der Waals surface area contributed by atoms with Crippen molar-refractivity contribution in [2.24, 2.45) is 11.3 Å². The molecule has 1 heterocycles. The number of methoxy groups -OCH3 is 1. The van der Waals surface area contributed by atoms with Gasteiger partial charge in [0.1, 0.15) is 6.61 Å². The van der Waals surface area contributed by atoms with Gasteiger partial charge in [-0.15, -0.1) is 0 Å². The molecule has 4 rings (SSSR count). The molecule has 6 heteroatoms. The first-order valence-corrected chi connectivity index (χ1v) is 10.6. The van der Waals surface area contributed by atoms with Gasteiger partial charge in [0.15, 0.2) is 0 Å². The SMILES string of the molecule is COC(=O)c1ccc([C@@H]2CC3(CCN2C(=O)OCc2ccccc2)CC(C#N)C3)cc1. The van der Waals surface area contributed by atoms with Crippen molar-refractivity contribution in [3.8, 4) is 6.07 Å². The normalized spacial score (nSPS) is 24.7. The minimum absolute atomic E-state index is 0.0995. The molecule has 0 N–H and O–H groups in total. The highest BCUT2D eigenvalue weighted by Crippen LogP contribution is 2.56. The van der Waals surface area contributed by atoms with E-state index in [4.69, 9.17) is 9.47 Å². The van der Waals surface area contributed by atoms with Crippen molar-refractivity contribution in [3.05, 3.63) is 71.3 Å². The van der Waals surface area contributed by atoms with E-state index in [1.807, 2.05) is 42.5 Å². The summed E-state index contributed by atoms with van der Waals surface area (Å²) in [6, 6.07) is 19.1. The van der Waals surface area contributed by atoms with E-state index in [0.29, 0.717) is 12.1 Å². The maximum Gasteiger partial charge on any atom is 0.410 e. The van der Waals surface area contributed by atoms with Crippen molar-refractivity contribution < 1.29 is 19.1 Å². The summed E-state index contributed by atoms with van der Waals surface area (Å²) >= 11 is 0. The Bertz CT molecular complexity index is 975. The summed E-state index contributed by atoms with van der Waals surface area (Å²) in [5, 5.41) is 9.23. The van der Waals surface area contributed by atoms with E-state index in [1.165, 1.54) is 7.11 Å². The first-order valence-electron chi connectivity index (χ1n) is 10.6. The van der Waals surface area contributed by atoms with Gasteiger partial charge in [-0.2, -0.15) is 5.26 Å². The Kier molecular flexibility index (Phi) is 5.94. The molecule has 6 nitrogen and oxygen atoms in total. The Balaban J connectivity index is 1.52. The van der Waals surface area contributed by atoms with Crippen LogP contribution in [0.25, 0.3) is 0 Å². The first kappa shape index (κ1) is 20.9. The van der Waals surface area contributed by atoms with Crippen molar-refractivity contribution >= 4 is 12.1 Å². The molecule has 1 amide bonds. The number of ether oxygens (including phenoxy) is 2. The van der Waals surface area contributed by atoms with Gasteiger partial charge in [-0.3, -0.25) is 0 Å². The fourth-order valence-corrected chi connectivity index (χ4v) is 4.86. The standard InChI is InChI=1S/C25H26N2O4/c1-30-23(28)21-9-7-20(8-10-21)22-15-25(13-19(14-25)16-26)11-12-27(22)24(29)31-17-18-5-3-2-4-6-18/h2-10,19,22H,11-15,17H2,1H3/t19?,22-,25?/m0/s1. The van der Waals surface area contributed by atoms with E-state index >= 15 is 0 Å². The molecule has 1 saturated heterocycles. The van der Waals surface area contributed by atoms with E-state index in [2.05, 4.69) is 6.07 Å². The smallest absolute Gasteiger partial charge is 0.410 e. The lowest BCUT2D eigenvalue weighted by Crippen LogP contribution is -2.50. The van der Waals surface area contributed by atoms with Crippen molar-refractivity contribution in [1.82, 2.24) is 4.90 Å². The molecule has 1 aliphatic heterocycles. The molecule has 2 fully saturated rings. The third-order valence-electron chi connectivity index (χ3n) is 6.58. The number of hydrogen-bond donors (Lipinski definition) is 0. The number of nitrogens with zero attached hydrogens (tertiary/aromatic N) is 2. The number of piperidine rings is 1. The van der Waals surface area contributed by atoms with Crippen LogP contribution in [0.5, 0.6) is 0 Å². The number of likely N-dealkylation sites (tertiary alicyclic amines) is 1. The predicted molar refractivity (Wildman–Crippen MR) is 114 cm³/mol. The van der Waals surface area contributed by atoms with Gasteiger partial charge < -0.3 is 14.4 Å². The summed E-state index contributed by atoms with van der Waals surface area (Å²) in [4.78, 5) is 26.6. The Morgan fingerprint density at radius 2 is 1.81 bits per heavy atom. The van der Waals surface area contributed by atoms with E-state index < -0.39 is 0 Å². The molecule has 2 aromatic carbocycles. The summed E-state index contributed by atoms with van der Waals surface area (Å²) in [5.41, 5.74) is 2.48. The van der Waals surface area contributed by atoms with Crippen LogP contribution in [-0.4, -0.2) is 30.6 Å². The van der Waals surface area contributed by atoms with E-state index in [0.717, 1.165) is 36.8 Å². The van der Waals surface area contributed by atoms with E-state index in [9.17, 15) is 14.9 Å². The van der Waals surface area contributed by atoms with Crippen molar-refractivity contribution in [2.75, 3.05) is 13.7 Å². The maximum atomic E-state index is 13.0. The predicted octanol–water partition coefficient (Wildman–Crippen LogP) is 4.87. The summed E-state index contributed by atoms with van der Waals surface area (Å²) < 4.78 is 10.4. The summed E-state index contributed by atoms with van der Waals surface area (Å²) in [7, 11) is 1.35. The van der Waals surface area contributed by atoms with Gasteiger partial charge in [0.25, 0.3) is 0 Å².